The van der Waals surface area contributed by atoms with Crippen LogP contribution in [0.3, 0.4) is 0 Å². The van der Waals surface area contributed by atoms with Gasteiger partial charge in [0.25, 0.3) is 5.24 Å². The summed E-state index contributed by atoms with van der Waals surface area (Å²) in [6.07, 6.45) is 10.7. The third-order valence-corrected chi connectivity index (χ3v) is 7.87. The normalized spacial score (nSPS) is 17.8. The first-order valence-electron chi connectivity index (χ1n) is 13.7. The maximum absolute atomic E-state index is 11.9. The molecule has 1 N–H and O–H groups in total. The number of hydrogen-bond acceptors (Lipinski definition) is 4. The minimum atomic E-state index is -0.461. The second kappa shape index (κ2) is 18.0. The number of halogens is 3. The zero-order valence-electron chi connectivity index (χ0n) is 23.8. The first kappa shape index (κ1) is 34.6. The van der Waals surface area contributed by atoms with E-state index >= 15 is 0 Å². The van der Waals surface area contributed by atoms with E-state index in [1.54, 1.807) is 48.5 Å². The molecule has 2 aliphatic rings. The molecule has 2 aliphatic carbocycles. The van der Waals surface area contributed by atoms with E-state index in [2.05, 4.69) is 39.2 Å². The maximum Gasteiger partial charge on any atom is 0.338 e. The molecule has 0 unspecified atom stereocenters. The number of carbonyl (C=O) groups excluding carboxylic acids is 2. The van der Waals surface area contributed by atoms with Crippen LogP contribution in [0, 0.1) is 11.8 Å². The van der Waals surface area contributed by atoms with Crippen molar-refractivity contribution >= 4 is 46.0 Å². The monoisotopic (exact) mass is 616 g/mol. The van der Waals surface area contributed by atoms with Gasteiger partial charge < -0.3 is 9.84 Å². The van der Waals surface area contributed by atoms with E-state index in [0.717, 1.165) is 32.1 Å². The van der Waals surface area contributed by atoms with Gasteiger partial charge in [0.15, 0.2) is 0 Å². The number of aliphatic hydroxyl groups excluding tert-OH is 1. The molecule has 2 aromatic carbocycles. The molecule has 2 aromatic rings. The second-order valence-corrected chi connectivity index (χ2v) is 11.6. The Balaban J connectivity index is 0.000000236. The van der Waals surface area contributed by atoms with Gasteiger partial charge in [-0.25, -0.2) is 4.79 Å². The average molecular weight is 618 g/mol. The highest BCUT2D eigenvalue weighted by Crippen LogP contribution is 2.29. The lowest BCUT2D eigenvalue weighted by molar-refractivity contribution is 0.0535. The number of benzene rings is 2. The first-order valence-corrected chi connectivity index (χ1v) is 14.8. The molecular formula is C34H39Cl3O4. The van der Waals surface area contributed by atoms with E-state index in [1.807, 2.05) is 0 Å². The van der Waals surface area contributed by atoms with Crippen LogP contribution in [0.4, 0.5) is 0 Å². The summed E-state index contributed by atoms with van der Waals surface area (Å²) in [6.45, 7) is 12.7. The molecule has 7 heteroatoms. The molecule has 0 fully saturated rings. The fraction of sp³-hybridized carbons (Fsp3) is 0.353. The van der Waals surface area contributed by atoms with Crippen molar-refractivity contribution in [2.45, 2.75) is 52.4 Å². The molecule has 0 saturated carbocycles. The lowest BCUT2D eigenvalue weighted by Gasteiger charge is -2.21. The Hall–Kier alpha value is -2.63. The van der Waals surface area contributed by atoms with Crippen LogP contribution in [-0.4, -0.2) is 29.5 Å². The van der Waals surface area contributed by atoms with Gasteiger partial charge in [0, 0.05) is 15.6 Å². The fourth-order valence-electron chi connectivity index (χ4n) is 4.36. The van der Waals surface area contributed by atoms with Crippen LogP contribution < -0.4 is 0 Å². The minimum Gasteiger partial charge on any atom is -0.458 e. The number of rotatable bonds is 7. The first-order chi connectivity index (χ1) is 19.5. The van der Waals surface area contributed by atoms with Crippen LogP contribution in [0.15, 0.2) is 96.1 Å². The van der Waals surface area contributed by atoms with Gasteiger partial charge in [-0.2, -0.15) is 0 Å². The molecule has 2 atom stereocenters. The Morgan fingerprint density at radius 2 is 1.24 bits per heavy atom. The molecule has 0 saturated heterocycles. The lowest BCUT2D eigenvalue weighted by atomic mass is 9.86. The number of carbonyl (C=O) groups is 2. The van der Waals surface area contributed by atoms with Crippen LogP contribution in [0.25, 0.3) is 0 Å². The van der Waals surface area contributed by atoms with Gasteiger partial charge in [0.05, 0.1) is 12.2 Å². The van der Waals surface area contributed by atoms with Crippen molar-refractivity contribution in [3.05, 3.63) is 117 Å². The van der Waals surface area contributed by atoms with Gasteiger partial charge in [-0.05, 0) is 135 Å². The van der Waals surface area contributed by atoms with Crippen molar-refractivity contribution in [2.24, 2.45) is 11.8 Å². The quantitative estimate of drug-likeness (QED) is 0.191. The molecule has 0 spiro atoms. The van der Waals surface area contributed by atoms with Crippen LogP contribution in [-0.2, 0) is 4.74 Å². The summed E-state index contributed by atoms with van der Waals surface area (Å²) in [6, 6.07) is 13.1. The second-order valence-electron chi connectivity index (χ2n) is 10.4. The molecule has 0 bridgehead atoms. The van der Waals surface area contributed by atoms with E-state index in [9.17, 15) is 9.59 Å². The Kier molecular flexibility index (Phi) is 15.2. The van der Waals surface area contributed by atoms with Gasteiger partial charge in [-0.1, -0.05) is 59.7 Å². The third kappa shape index (κ3) is 12.8. The van der Waals surface area contributed by atoms with Crippen LogP contribution in [0.1, 0.15) is 73.1 Å². The summed E-state index contributed by atoms with van der Waals surface area (Å²) < 4.78 is 5.33. The van der Waals surface area contributed by atoms with Crippen LogP contribution >= 0.6 is 34.8 Å². The van der Waals surface area contributed by atoms with Crippen molar-refractivity contribution in [1.29, 1.82) is 0 Å². The molecule has 0 aliphatic heterocycles. The number of esters is 1. The number of aliphatic hydroxyl groups is 1. The molecule has 0 amide bonds. The highest BCUT2D eigenvalue weighted by molar-refractivity contribution is 6.67. The summed E-state index contributed by atoms with van der Waals surface area (Å²) in [5.74, 6) is 0.931. The van der Waals surface area contributed by atoms with Gasteiger partial charge in [-0.15, -0.1) is 0 Å². The summed E-state index contributed by atoms with van der Waals surface area (Å²) in [4.78, 5) is 22.3. The number of hydrogen-bond donors (Lipinski definition) is 1. The van der Waals surface area contributed by atoms with E-state index < -0.39 is 5.24 Å². The standard InChI is InChI=1S/C17H19ClO2.C10H16O.C7H4Cl2O/c1-12(2)14-5-3-13(4-6-14)11-20-17(19)15-7-9-16(18)10-8-15;1-8(2)10-5-3-9(7-11)4-6-10;8-6-3-1-5(2-4-6)7(9)10/h3,7-10,14H,1,4-6,11H2,2H3;3,10-11H,1,4-7H2,2H3;1-4H/t14-;10-;/m11./s1. The lowest BCUT2D eigenvalue weighted by Crippen LogP contribution is -2.12. The molecule has 4 rings (SSSR count). The molecule has 41 heavy (non-hydrogen) atoms. The fourth-order valence-corrected chi connectivity index (χ4v) is 4.73. The summed E-state index contributed by atoms with van der Waals surface area (Å²) in [7, 11) is 0. The van der Waals surface area contributed by atoms with Gasteiger partial charge in [0.2, 0.25) is 0 Å². The highest BCUT2D eigenvalue weighted by Gasteiger charge is 2.16. The summed E-state index contributed by atoms with van der Waals surface area (Å²) in [5, 5.41) is 9.58. The highest BCUT2D eigenvalue weighted by atomic mass is 35.5. The number of ether oxygens (including phenoxy) is 1. The molecule has 4 nitrogen and oxygen atoms in total. The SMILES string of the molecule is C=C(C)[C@@H]1CC=C(CO)CC1.C=C(C)[C@@H]1CC=C(COC(=O)c2ccc(Cl)cc2)CC1.O=C(Cl)c1ccc(Cl)cc1. The van der Waals surface area contributed by atoms with Crippen molar-refractivity contribution in [2.75, 3.05) is 13.2 Å². The summed E-state index contributed by atoms with van der Waals surface area (Å²) >= 11 is 16.5. The zero-order valence-corrected chi connectivity index (χ0v) is 26.1. The Labute approximate surface area is 259 Å². The molecule has 220 valence electrons. The molecule has 0 aromatic heterocycles. The third-order valence-electron chi connectivity index (χ3n) is 7.15. The predicted molar refractivity (Wildman–Crippen MR) is 171 cm³/mol. The largest absolute Gasteiger partial charge is 0.458 e. The topological polar surface area (TPSA) is 63.6 Å². The van der Waals surface area contributed by atoms with E-state index in [1.165, 1.54) is 28.7 Å². The van der Waals surface area contributed by atoms with E-state index in [-0.39, 0.29) is 12.6 Å². The van der Waals surface area contributed by atoms with Crippen molar-refractivity contribution in [3.8, 4) is 0 Å². The molecular weight excluding hydrogens is 579 g/mol. The molecule has 0 heterocycles. The maximum atomic E-state index is 11.9. The van der Waals surface area contributed by atoms with Crippen molar-refractivity contribution in [3.63, 3.8) is 0 Å². The Morgan fingerprint density at radius 1 is 0.805 bits per heavy atom. The predicted octanol–water partition coefficient (Wildman–Crippen LogP) is 9.80. The Bertz CT molecular complexity index is 1240. The average Bonchev–Trinajstić information content (AvgIpc) is 2.97. The van der Waals surface area contributed by atoms with E-state index in [4.69, 9.17) is 44.6 Å². The zero-order chi connectivity index (χ0) is 30.4. The van der Waals surface area contributed by atoms with Crippen molar-refractivity contribution < 1.29 is 19.4 Å². The van der Waals surface area contributed by atoms with Crippen molar-refractivity contribution in [1.82, 2.24) is 0 Å². The minimum absolute atomic E-state index is 0.239. The van der Waals surface area contributed by atoms with Crippen LogP contribution in [0.2, 0.25) is 10.0 Å². The van der Waals surface area contributed by atoms with Gasteiger partial charge in [-0.3, -0.25) is 4.79 Å². The molecule has 0 radical (unpaired) electrons. The smallest absolute Gasteiger partial charge is 0.338 e. The van der Waals surface area contributed by atoms with Gasteiger partial charge in [0.1, 0.15) is 6.61 Å². The number of allylic oxidation sites excluding steroid dienone is 4. The van der Waals surface area contributed by atoms with Crippen LogP contribution in [0.5, 0.6) is 0 Å². The Morgan fingerprint density at radius 3 is 1.61 bits per heavy atom. The van der Waals surface area contributed by atoms with E-state index in [0.29, 0.717) is 39.6 Å². The summed E-state index contributed by atoms with van der Waals surface area (Å²) in [5.41, 5.74) is 5.90. The van der Waals surface area contributed by atoms with Gasteiger partial charge >= 0.3 is 5.97 Å².